The molecule has 13 N–H and O–H groups in total. The molecule has 0 aliphatic carbocycles. The molecule has 36 nitrogen and oxygen atoms in total. The maximum Gasteiger partial charge on any atom is 0.459 e. The Balaban J connectivity index is 0.000000180. The van der Waals surface area contributed by atoms with Crippen molar-refractivity contribution in [1.29, 1.82) is 0 Å². The van der Waals surface area contributed by atoms with Crippen LogP contribution in [0, 0.1) is 29.1 Å². The highest BCUT2D eigenvalue weighted by Crippen LogP contribution is 2.50. The zero-order chi connectivity index (χ0) is 84.3. The van der Waals surface area contributed by atoms with Gasteiger partial charge in [0.05, 0.1) is 51.0 Å². The van der Waals surface area contributed by atoms with Gasteiger partial charge in [0.2, 0.25) is 23.7 Å². The topological polar surface area (TPSA) is 483 Å². The van der Waals surface area contributed by atoms with Crippen LogP contribution in [0.3, 0.4) is 0 Å². The minimum Gasteiger partial charge on any atom is -0.462 e. The second-order valence-corrected chi connectivity index (χ2v) is 31.5. The third-order valence-corrected chi connectivity index (χ3v) is 21.4. The van der Waals surface area contributed by atoms with E-state index in [4.69, 9.17) is 71.2 Å². The van der Waals surface area contributed by atoms with Crippen molar-refractivity contribution < 1.29 is 117 Å². The molecule has 0 radical (unpaired) electrons. The van der Waals surface area contributed by atoms with E-state index in [1.54, 1.807) is 88.2 Å². The lowest BCUT2D eigenvalue weighted by atomic mass is 9.98. The van der Waals surface area contributed by atoms with Crippen molar-refractivity contribution in [3.05, 3.63) is 114 Å². The SMILES string of the molecule is CC(C)OC(=O)[C@H](C)N[P@](=O)(OC[C@H]1O[C@@H](n2cnc3c(N(C)C)nc(N)nc32)[C@](C)(F)[C@@H]1O)Oc1ccccc1.CC(C)OC(=O)[C@H](C)N[P@](=O)(Oc1ccccc1)c1c(F)c(F)c(F)c(F)c1F.CN(C)c1nc(N)nc2c1ncn2[C@@H]1O[C@H](CO)[C@@H](O)[C@@]1(C)F.C[C@@]1(F)[C@H](O)[C@@H](CO)O[C@H]1n1cnc2c(Cl)nc(N)nc21. The number of imidazole rings is 3. The van der Waals surface area contributed by atoms with Gasteiger partial charge in [-0.15, -0.1) is 0 Å². The standard InChI is InChI=1S/C25H35FN7O7P.C18H17F5NO4P.C13H19FN6O3.C11H13ClFN5O3/c1-14(2)38-22(35)15(3)31-41(36,40-16-10-8-7-9-11-16)37-12-17-19(34)25(4,26)23(39-17)33-13-28-18-20(32(5)6)29-24(27)30-21(18)33;1-9(2)27-18(25)10(3)24-29(26,28-11-7-5-4-6-8-11)17-15(22)13(20)12(19)14(21)16(17)23;1-13(14)8(22)6(4-21)23-11(13)20-5-16-7-9(19(2)3)17-12(15)18-10(7)20;1-11(13)6(20)4(2-19)21-9(11)18-3-15-5-7(12)16-10(14)17-8(5)18/h7-11,13-15,17,19,23,34H,12H2,1-6H3,(H,31,36)(H2,27,29,30);4-10H,1-3H3,(H,24,26);5-6,8,11,21-22H,4H2,1-3H3,(H2,15,17,18);3-4,6,9,19-20H,2H2,1H3,(H2,14,16,17)/t15-,17+,19+,23+,25+,41-;10-,29+;6-,8-,11-,13-;4-,6-,9-,11-/m0011/s1. The first-order valence-electron chi connectivity index (χ1n) is 34.4. The lowest BCUT2D eigenvalue weighted by Gasteiger charge is -2.25. The molecule has 0 amide bonds. The number of aliphatic hydroxyl groups excluding tert-OH is 5. The molecule has 0 spiro atoms. The Labute approximate surface area is 649 Å². The molecule has 0 saturated carbocycles. The van der Waals surface area contributed by atoms with Crippen molar-refractivity contribution >= 4 is 107 Å². The van der Waals surface area contributed by atoms with Crippen molar-refractivity contribution in [2.45, 2.75) is 159 Å². The Morgan fingerprint density at radius 3 is 1.26 bits per heavy atom. The van der Waals surface area contributed by atoms with E-state index in [2.05, 4.69) is 49.9 Å². The van der Waals surface area contributed by atoms with Gasteiger partial charge in [0, 0.05) is 28.2 Å². The number of aromatic nitrogens is 12. The quantitative estimate of drug-likeness (QED) is 0.00838. The van der Waals surface area contributed by atoms with Gasteiger partial charge in [-0.25, -0.2) is 59.7 Å². The van der Waals surface area contributed by atoms with E-state index in [9.17, 15) is 69.9 Å². The first kappa shape index (κ1) is 88.5. The molecular formula is C67H84ClF8N19O17P2. The van der Waals surface area contributed by atoms with Crippen LogP contribution in [0.25, 0.3) is 33.5 Å². The summed E-state index contributed by atoms with van der Waals surface area (Å²) in [6, 6.07) is 12.5. The summed E-state index contributed by atoms with van der Waals surface area (Å²) in [6.07, 6.45) is -8.88. The first-order chi connectivity index (χ1) is 53.3. The maximum absolute atomic E-state index is 16.0. The van der Waals surface area contributed by atoms with Crippen LogP contribution in [-0.4, -0.2) is 222 Å². The molecule has 3 saturated heterocycles. The first-order valence-corrected chi connectivity index (χ1v) is 38.0. The summed E-state index contributed by atoms with van der Waals surface area (Å²) in [5.74, 6) is -12.6. The highest BCUT2D eigenvalue weighted by molar-refractivity contribution is 7.65. The fourth-order valence-corrected chi connectivity index (χ4v) is 15.5. The number of alkyl halides is 3. The molecule has 114 heavy (non-hydrogen) atoms. The maximum atomic E-state index is 16.0. The minimum absolute atomic E-state index is 0.0146. The summed E-state index contributed by atoms with van der Waals surface area (Å²) in [5.41, 5.74) is 12.2. The van der Waals surface area contributed by atoms with Crippen LogP contribution in [-0.2, 0) is 46.9 Å². The number of esters is 2. The Bertz CT molecular complexity index is 4980. The summed E-state index contributed by atoms with van der Waals surface area (Å²) in [6.45, 7) is 10.9. The number of nitrogens with zero attached hydrogens (tertiary/aromatic N) is 14. The molecule has 6 aromatic heterocycles. The molecule has 16 atom stereocenters. The van der Waals surface area contributed by atoms with Gasteiger partial charge in [0.15, 0.2) is 104 Å². The Kier molecular flexibility index (Phi) is 27.5. The van der Waals surface area contributed by atoms with E-state index in [-0.39, 0.29) is 51.3 Å². The van der Waals surface area contributed by atoms with Gasteiger partial charge in [-0.05, 0) is 86.6 Å². The lowest BCUT2D eigenvalue weighted by Crippen LogP contribution is -2.41. The average Bonchev–Trinajstić information content (AvgIpc) is 1.58. The smallest absolute Gasteiger partial charge is 0.459 e. The molecule has 9 heterocycles. The van der Waals surface area contributed by atoms with Crippen LogP contribution in [0.2, 0.25) is 5.15 Å². The normalized spacial score (nSPS) is 24.9. The Morgan fingerprint density at radius 2 is 0.886 bits per heavy atom. The predicted molar refractivity (Wildman–Crippen MR) is 394 cm³/mol. The van der Waals surface area contributed by atoms with Gasteiger partial charge in [-0.2, -0.15) is 35.0 Å². The van der Waals surface area contributed by atoms with Crippen LogP contribution in [0.5, 0.6) is 11.5 Å². The molecular weight excluding hydrogens is 1590 g/mol. The Morgan fingerprint density at radius 1 is 0.544 bits per heavy atom. The number of nitrogen functional groups attached to an aromatic ring is 3. The second kappa shape index (κ2) is 35.4. The summed E-state index contributed by atoms with van der Waals surface area (Å²) in [5, 5.41) is 52.1. The van der Waals surface area contributed by atoms with Crippen LogP contribution < -0.4 is 51.5 Å². The molecule has 12 rings (SSSR count). The van der Waals surface area contributed by atoms with Gasteiger partial charge in [-0.1, -0.05) is 48.0 Å². The number of ether oxygens (including phenoxy) is 5. The van der Waals surface area contributed by atoms with Crippen molar-refractivity contribution in [3.63, 3.8) is 0 Å². The molecule has 622 valence electrons. The number of para-hydroxylation sites is 2. The average molecular weight is 1680 g/mol. The number of carbonyl (C=O) groups is 2. The number of benzene rings is 3. The number of halogens is 9. The number of carbonyl (C=O) groups excluding carboxylic acids is 2. The third kappa shape index (κ3) is 18.8. The molecule has 9 aromatic rings. The second-order valence-electron chi connectivity index (χ2n) is 27.4. The van der Waals surface area contributed by atoms with Crippen molar-refractivity contribution in [2.24, 2.45) is 0 Å². The summed E-state index contributed by atoms with van der Waals surface area (Å²) >= 11 is 5.91. The van der Waals surface area contributed by atoms with E-state index in [0.717, 1.165) is 13.8 Å². The number of fused-ring (bicyclic) bond motifs is 3. The number of hydrogen-bond acceptors (Lipinski definition) is 31. The number of hydrogen-bond donors (Lipinski definition) is 10. The fourth-order valence-electron chi connectivity index (χ4n) is 11.7. The van der Waals surface area contributed by atoms with Crippen LogP contribution in [0.1, 0.15) is 81.0 Å². The molecule has 3 aromatic carbocycles. The predicted octanol–water partition coefficient (Wildman–Crippen LogP) is 6.30. The number of rotatable bonds is 23. The van der Waals surface area contributed by atoms with E-state index < -0.39 is 178 Å². The summed E-state index contributed by atoms with van der Waals surface area (Å²) in [7, 11) is -2.29. The van der Waals surface area contributed by atoms with E-state index in [0.29, 0.717) is 28.3 Å². The fraction of sp³-hybridized carbons (Fsp3) is 0.478. The van der Waals surface area contributed by atoms with Crippen molar-refractivity contribution in [3.8, 4) is 11.5 Å². The molecule has 47 heteroatoms. The highest BCUT2D eigenvalue weighted by atomic mass is 35.5. The lowest BCUT2D eigenvalue weighted by molar-refractivity contribution is -0.149. The molecule has 3 aliphatic heterocycles. The number of nitrogens with one attached hydrogen (secondary N) is 2. The zero-order valence-corrected chi connectivity index (χ0v) is 65.6. The van der Waals surface area contributed by atoms with Gasteiger partial charge in [-0.3, -0.25) is 32.4 Å². The highest BCUT2D eigenvalue weighted by Gasteiger charge is 2.58. The van der Waals surface area contributed by atoms with E-state index >= 15 is 4.39 Å². The third-order valence-electron chi connectivity index (χ3n) is 17.3. The number of nitrogens with two attached hydrogens (primary N) is 3. The van der Waals surface area contributed by atoms with Crippen LogP contribution in [0.4, 0.5) is 64.6 Å². The van der Waals surface area contributed by atoms with Crippen molar-refractivity contribution in [2.75, 3.05) is 75.0 Å². The van der Waals surface area contributed by atoms with E-state index in [1.165, 1.54) is 91.6 Å². The van der Waals surface area contributed by atoms with E-state index in [1.807, 2.05) is 5.09 Å². The summed E-state index contributed by atoms with van der Waals surface area (Å²) in [4.78, 5) is 64.7. The molecule has 3 aliphatic rings. The van der Waals surface area contributed by atoms with Crippen LogP contribution >= 0.6 is 26.9 Å². The van der Waals surface area contributed by atoms with Gasteiger partial charge < -0.3 is 85.3 Å². The monoisotopic (exact) mass is 1680 g/mol. The van der Waals surface area contributed by atoms with Gasteiger partial charge in [0.25, 0.3) is 0 Å². The molecule has 0 bridgehead atoms. The Hall–Kier alpha value is -9.40. The zero-order valence-electron chi connectivity index (χ0n) is 63.1. The van der Waals surface area contributed by atoms with Crippen LogP contribution in [0.15, 0.2) is 79.6 Å². The minimum atomic E-state index is -5.04. The number of aliphatic hydroxyl groups is 5. The van der Waals surface area contributed by atoms with Gasteiger partial charge >= 0.3 is 27.2 Å². The molecule has 3 fully saturated rings. The molecule has 0 unspecified atom stereocenters. The largest absolute Gasteiger partial charge is 0.462 e. The van der Waals surface area contributed by atoms with Crippen molar-refractivity contribution in [1.82, 2.24) is 68.7 Å². The van der Waals surface area contributed by atoms with Gasteiger partial charge in [0.1, 0.15) is 71.0 Å². The summed E-state index contributed by atoms with van der Waals surface area (Å²) < 4.78 is 189. The number of anilines is 5.